The maximum absolute atomic E-state index is 11.1. The quantitative estimate of drug-likeness (QED) is 0.668. The molecule has 0 saturated carbocycles. The Balaban J connectivity index is 3.70. The van der Waals surface area contributed by atoms with Gasteiger partial charge in [0.1, 0.15) is 5.78 Å². The summed E-state index contributed by atoms with van der Waals surface area (Å²) in [5.41, 5.74) is 0. The number of hydrogen-bond acceptors (Lipinski definition) is 3. The highest BCUT2D eigenvalue weighted by atomic mass is 32.2. The van der Waals surface area contributed by atoms with Crippen molar-refractivity contribution in [3.63, 3.8) is 0 Å². The minimum atomic E-state index is -3.14. The molecular formula is C8H17NO3S. The van der Waals surface area contributed by atoms with Gasteiger partial charge in [0.2, 0.25) is 10.0 Å². The van der Waals surface area contributed by atoms with E-state index in [2.05, 4.69) is 4.72 Å². The first-order valence-corrected chi connectivity index (χ1v) is 6.10. The highest BCUT2D eigenvalue weighted by Crippen LogP contribution is 1.93. The maximum Gasteiger partial charge on any atom is 0.211 e. The highest BCUT2D eigenvalue weighted by molar-refractivity contribution is 7.89. The molecule has 0 fully saturated rings. The molecule has 0 rings (SSSR count). The summed E-state index contributed by atoms with van der Waals surface area (Å²) in [5, 5.41) is 0. The zero-order chi connectivity index (χ0) is 10.3. The van der Waals surface area contributed by atoms with E-state index in [0.29, 0.717) is 6.42 Å². The summed E-state index contributed by atoms with van der Waals surface area (Å²) in [6.07, 6.45) is 1.79. The van der Waals surface area contributed by atoms with Crippen molar-refractivity contribution in [2.75, 3.05) is 12.3 Å². The molecule has 0 aliphatic rings. The highest BCUT2D eigenvalue weighted by Gasteiger charge is 2.08. The van der Waals surface area contributed by atoms with Crippen LogP contribution < -0.4 is 4.72 Å². The van der Waals surface area contributed by atoms with E-state index in [-0.39, 0.29) is 24.5 Å². The Morgan fingerprint density at radius 3 is 2.46 bits per heavy atom. The number of nitrogens with one attached hydrogen (secondary N) is 1. The van der Waals surface area contributed by atoms with Gasteiger partial charge in [0, 0.05) is 13.0 Å². The number of carbonyl (C=O) groups excluding carboxylic acids is 1. The van der Waals surface area contributed by atoms with Crippen LogP contribution in [0.4, 0.5) is 0 Å². The van der Waals surface area contributed by atoms with Crippen molar-refractivity contribution in [2.45, 2.75) is 33.1 Å². The first kappa shape index (κ1) is 12.6. The minimum Gasteiger partial charge on any atom is -0.300 e. The van der Waals surface area contributed by atoms with Gasteiger partial charge in [-0.25, -0.2) is 13.1 Å². The molecule has 0 atom stereocenters. The second kappa shape index (κ2) is 6.10. The van der Waals surface area contributed by atoms with Gasteiger partial charge in [0.15, 0.2) is 0 Å². The van der Waals surface area contributed by atoms with E-state index in [1.807, 2.05) is 6.92 Å². The molecule has 0 aromatic rings. The normalized spacial score (nSPS) is 11.5. The van der Waals surface area contributed by atoms with Crippen LogP contribution in [0.3, 0.4) is 0 Å². The molecule has 13 heavy (non-hydrogen) atoms. The molecular weight excluding hydrogens is 190 g/mol. The van der Waals surface area contributed by atoms with Crippen LogP contribution in [0.15, 0.2) is 0 Å². The monoisotopic (exact) mass is 207 g/mol. The predicted octanol–water partition coefficient (Wildman–Crippen LogP) is 0.685. The van der Waals surface area contributed by atoms with Gasteiger partial charge in [-0.3, -0.25) is 4.79 Å². The molecule has 0 aliphatic carbocycles. The average Bonchev–Trinajstić information content (AvgIpc) is 2.00. The summed E-state index contributed by atoms with van der Waals surface area (Å²) in [4.78, 5) is 10.5. The minimum absolute atomic E-state index is 0.00167. The van der Waals surface area contributed by atoms with E-state index >= 15 is 0 Å². The van der Waals surface area contributed by atoms with Gasteiger partial charge in [-0.05, 0) is 13.3 Å². The van der Waals surface area contributed by atoms with E-state index in [0.717, 1.165) is 6.42 Å². The molecule has 0 heterocycles. The SMILES string of the molecule is CCCCS(=O)(=O)NCCC(C)=O. The molecule has 0 amide bonds. The van der Waals surface area contributed by atoms with Crippen LogP contribution in [-0.4, -0.2) is 26.5 Å². The van der Waals surface area contributed by atoms with Crippen molar-refractivity contribution in [3.8, 4) is 0 Å². The lowest BCUT2D eigenvalue weighted by Gasteiger charge is -2.03. The van der Waals surface area contributed by atoms with Crippen LogP contribution in [0.2, 0.25) is 0 Å². The van der Waals surface area contributed by atoms with E-state index in [4.69, 9.17) is 0 Å². The molecule has 1 N–H and O–H groups in total. The van der Waals surface area contributed by atoms with Crippen LogP contribution in [-0.2, 0) is 14.8 Å². The Kier molecular flexibility index (Phi) is 5.90. The molecule has 0 aliphatic heterocycles. The van der Waals surface area contributed by atoms with Gasteiger partial charge in [0.25, 0.3) is 0 Å². The number of carbonyl (C=O) groups is 1. The fraction of sp³-hybridized carbons (Fsp3) is 0.875. The summed E-state index contributed by atoms with van der Waals surface area (Å²) >= 11 is 0. The van der Waals surface area contributed by atoms with Gasteiger partial charge < -0.3 is 0 Å². The summed E-state index contributed by atoms with van der Waals surface area (Å²) in [6.45, 7) is 3.60. The molecule has 0 spiro atoms. The number of rotatable bonds is 7. The Morgan fingerprint density at radius 1 is 1.38 bits per heavy atom. The topological polar surface area (TPSA) is 63.2 Å². The number of hydrogen-bond donors (Lipinski definition) is 1. The van der Waals surface area contributed by atoms with Crippen LogP contribution in [0, 0.1) is 0 Å². The fourth-order valence-electron chi connectivity index (χ4n) is 0.789. The first-order chi connectivity index (χ1) is 5.98. The third-order valence-corrected chi connectivity index (χ3v) is 3.04. The lowest BCUT2D eigenvalue weighted by atomic mass is 10.3. The largest absolute Gasteiger partial charge is 0.300 e. The Labute approximate surface area is 79.8 Å². The van der Waals surface area contributed by atoms with E-state index in [9.17, 15) is 13.2 Å². The van der Waals surface area contributed by atoms with E-state index in [1.54, 1.807) is 0 Å². The van der Waals surface area contributed by atoms with E-state index in [1.165, 1.54) is 6.92 Å². The van der Waals surface area contributed by atoms with Gasteiger partial charge in [-0.2, -0.15) is 0 Å². The second-order valence-electron chi connectivity index (χ2n) is 3.02. The van der Waals surface area contributed by atoms with Crippen LogP contribution in [0.5, 0.6) is 0 Å². The number of ketones is 1. The smallest absolute Gasteiger partial charge is 0.211 e. The zero-order valence-electron chi connectivity index (χ0n) is 8.17. The van der Waals surface area contributed by atoms with Gasteiger partial charge in [0.05, 0.1) is 5.75 Å². The zero-order valence-corrected chi connectivity index (χ0v) is 8.99. The van der Waals surface area contributed by atoms with Crippen LogP contribution in [0.25, 0.3) is 0 Å². The molecule has 0 saturated heterocycles. The third-order valence-electron chi connectivity index (χ3n) is 1.57. The predicted molar refractivity (Wildman–Crippen MR) is 52.0 cm³/mol. The molecule has 5 heteroatoms. The van der Waals surface area contributed by atoms with Gasteiger partial charge >= 0.3 is 0 Å². The second-order valence-corrected chi connectivity index (χ2v) is 4.95. The number of sulfonamides is 1. The first-order valence-electron chi connectivity index (χ1n) is 4.44. The fourth-order valence-corrected chi connectivity index (χ4v) is 2.02. The molecule has 78 valence electrons. The molecule has 0 aromatic carbocycles. The molecule has 0 radical (unpaired) electrons. The van der Waals surface area contributed by atoms with Crippen molar-refractivity contribution in [2.24, 2.45) is 0 Å². The van der Waals surface area contributed by atoms with Crippen molar-refractivity contribution >= 4 is 15.8 Å². The van der Waals surface area contributed by atoms with Crippen LogP contribution in [0.1, 0.15) is 33.1 Å². The molecule has 0 aromatic heterocycles. The van der Waals surface area contributed by atoms with Crippen molar-refractivity contribution in [3.05, 3.63) is 0 Å². The van der Waals surface area contributed by atoms with E-state index < -0.39 is 10.0 Å². The van der Waals surface area contributed by atoms with Crippen molar-refractivity contribution in [1.82, 2.24) is 4.72 Å². The molecule has 0 bridgehead atoms. The Hall–Kier alpha value is -0.420. The Morgan fingerprint density at radius 2 is 2.00 bits per heavy atom. The lowest BCUT2D eigenvalue weighted by Crippen LogP contribution is -2.28. The maximum atomic E-state index is 11.1. The van der Waals surface area contributed by atoms with Crippen molar-refractivity contribution in [1.29, 1.82) is 0 Å². The molecule has 0 unspecified atom stereocenters. The Bertz CT molecular complexity index is 246. The standard InChI is InChI=1S/C8H17NO3S/c1-3-4-7-13(11,12)9-6-5-8(2)10/h9H,3-7H2,1-2H3. The summed E-state index contributed by atoms with van der Waals surface area (Å²) in [6, 6.07) is 0. The lowest BCUT2D eigenvalue weighted by molar-refractivity contribution is -0.116. The van der Waals surface area contributed by atoms with Gasteiger partial charge in [-0.15, -0.1) is 0 Å². The van der Waals surface area contributed by atoms with Crippen molar-refractivity contribution < 1.29 is 13.2 Å². The average molecular weight is 207 g/mol. The molecule has 4 nitrogen and oxygen atoms in total. The summed E-state index contributed by atoms with van der Waals surface area (Å²) in [5.74, 6) is 0.152. The summed E-state index contributed by atoms with van der Waals surface area (Å²) in [7, 11) is -3.14. The number of unbranched alkanes of at least 4 members (excludes halogenated alkanes) is 1. The third kappa shape index (κ3) is 7.93. The number of Topliss-reactive ketones (excluding diaryl/α,β-unsaturated/α-hetero) is 1. The van der Waals surface area contributed by atoms with Gasteiger partial charge in [-0.1, -0.05) is 13.3 Å². The summed E-state index contributed by atoms with van der Waals surface area (Å²) < 4.78 is 24.7. The van der Waals surface area contributed by atoms with Crippen LogP contribution >= 0.6 is 0 Å².